The van der Waals surface area contributed by atoms with Crippen LogP contribution in [0.25, 0.3) is 0 Å². The summed E-state index contributed by atoms with van der Waals surface area (Å²) in [6.07, 6.45) is 1.72. The number of nitrogens with one attached hydrogen (secondary N) is 1. The normalized spacial score (nSPS) is 10.4. The Hall–Kier alpha value is -1.61. The van der Waals surface area contributed by atoms with Crippen LogP contribution >= 0.6 is 11.6 Å². The van der Waals surface area contributed by atoms with E-state index in [2.05, 4.69) is 10.3 Å². The van der Waals surface area contributed by atoms with Crippen molar-refractivity contribution in [3.8, 4) is 0 Å². The Morgan fingerprint density at radius 2 is 2.06 bits per heavy atom. The van der Waals surface area contributed by atoms with Crippen LogP contribution < -0.4 is 5.32 Å². The van der Waals surface area contributed by atoms with Crippen LogP contribution in [-0.2, 0) is 6.54 Å². The molecule has 0 fully saturated rings. The van der Waals surface area contributed by atoms with Gasteiger partial charge in [0, 0.05) is 12.7 Å². The van der Waals surface area contributed by atoms with E-state index in [4.69, 9.17) is 11.6 Å². The van der Waals surface area contributed by atoms with Gasteiger partial charge in [-0.05, 0) is 48.7 Å². The van der Waals surface area contributed by atoms with Gasteiger partial charge in [0.1, 0.15) is 5.82 Å². The largest absolute Gasteiger partial charge is 0.378 e. The van der Waals surface area contributed by atoms with Crippen molar-refractivity contribution in [3.05, 3.63) is 58.1 Å². The van der Waals surface area contributed by atoms with Crippen LogP contribution in [0.4, 0.5) is 10.1 Å². The van der Waals surface area contributed by atoms with Crippen LogP contribution in [0.2, 0.25) is 5.15 Å². The third-order valence-corrected chi connectivity index (χ3v) is 3.05. The van der Waals surface area contributed by atoms with E-state index in [1.807, 2.05) is 19.9 Å². The maximum atomic E-state index is 13.0. The lowest BCUT2D eigenvalue weighted by Gasteiger charge is -2.10. The summed E-state index contributed by atoms with van der Waals surface area (Å²) >= 11 is 5.99. The van der Waals surface area contributed by atoms with E-state index in [-0.39, 0.29) is 5.82 Å². The molecule has 2 nitrogen and oxygen atoms in total. The van der Waals surface area contributed by atoms with Crippen LogP contribution in [0, 0.1) is 19.7 Å². The lowest BCUT2D eigenvalue weighted by molar-refractivity contribution is 0.625. The summed E-state index contributed by atoms with van der Waals surface area (Å²) in [6.45, 7) is 4.44. The Kier molecular flexibility index (Phi) is 3.82. The summed E-state index contributed by atoms with van der Waals surface area (Å²) in [5, 5.41) is 3.66. The van der Waals surface area contributed by atoms with E-state index < -0.39 is 0 Å². The van der Waals surface area contributed by atoms with Crippen molar-refractivity contribution in [2.45, 2.75) is 20.4 Å². The average molecular weight is 265 g/mol. The van der Waals surface area contributed by atoms with Crippen molar-refractivity contribution >= 4 is 17.3 Å². The van der Waals surface area contributed by atoms with Gasteiger partial charge in [0.2, 0.25) is 0 Å². The Morgan fingerprint density at radius 3 is 2.78 bits per heavy atom. The molecule has 1 aromatic carbocycles. The smallest absolute Gasteiger partial charge is 0.152 e. The third-order valence-electron chi connectivity index (χ3n) is 2.75. The summed E-state index contributed by atoms with van der Waals surface area (Å²) in [5.41, 5.74) is 3.78. The number of halogens is 2. The van der Waals surface area contributed by atoms with Crippen molar-refractivity contribution in [1.82, 2.24) is 4.98 Å². The van der Waals surface area contributed by atoms with Crippen molar-refractivity contribution in [3.63, 3.8) is 0 Å². The number of hydrogen-bond donors (Lipinski definition) is 1. The van der Waals surface area contributed by atoms with Crippen molar-refractivity contribution in [2.75, 3.05) is 5.32 Å². The zero-order valence-electron chi connectivity index (χ0n) is 10.3. The van der Waals surface area contributed by atoms with Gasteiger partial charge in [-0.1, -0.05) is 17.7 Å². The minimum Gasteiger partial charge on any atom is -0.378 e. The number of anilines is 1. The zero-order valence-corrected chi connectivity index (χ0v) is 11.1. The number of aromatic nitrogens is 1. The fourth-order valence-electron chi connectivity index (χ4n) is 1.72. The van der Waals surface area contributed by atoms with Gasteiger partial charge in [-0.2, -0.15) is 0 Å². The van der Waals surface area contributed by atoms with E-state index in [9.17, 15) is 4.39 Å². The van der Waals surface area contributed by atoms with Gasteiger partial charge >= 0.3 is 0 Å². The Balaban J connectivity index is 2.13. The van der Waals surface area contributed by atoms with Crippen LogP contribution in [0.3, 0.4) is 0 Å². The fraction of sp³-hybridized carbons (Fsp3) is 0.214. The first kappa shape index (κ1) is 12.8. The molecule has 0 atom stereocenters. The van der Waals surface area contributed by atoms with Gasteiger partial charge in [0.05, 0.1) is 5.69 Å². The molecule has 0 saturated heterocycles. The first-order chi connectivity index (χ1) is 8.56. The lowest BCUT2D eigenvalue weighted by atomic mass is 10.1. The second kappa shape index (κ2) is 5.36. The predicted octanol–water partition coefficient (Wildman–Crippen LogP) is 4.10. The number of nitrogens with zero attached hydrogens (tertiary/aromatic N) is 1. The molecule has 1 N–H and O–H groups in total. The quantitative estimate of drug-likeness (QED) is 0.844. The summed E-state index contributed by atoms with van der Waals surface area (Å²) in [4.78, 5) is 4.07. The van der Waals surface area contributed by atoms with Gasteiger partial charge in [-0.25, -0.2) is 9.37 Å². The Morgan fingerprint density at radius 1 is 1.28 bits per heavy atom. The highest BCUT2D eigenvalue weighted by atomic mass is 35.5. The fourth-order valence-corrected chi connectivity index (χ4v) is 1.89. The number of benzene rings is 1. The van der Waals surface area contributed by atoms with Crippen molar-refractivity contribution in [1.29, 1.82) is 0 Å². The van der Waals surface area contributed by atoms with E-state index in [1.165, 1.54) is 12.1 Å². The Bertz CT molecular complexity index is 570. The molecule has 0 amide bonds. The number of pyridine rings is 1. The monoisotopic (exact) mass is 264 g/mol. The van der Waals surface area contributed by atoms with E-state index in [0.29, 0.717) is 11.7 Å². The van der Waals surface area contributed by atoms with Gasteiger partial charge in [0.15, 0.2) is 5.15 Å². The molecule has 0 bridgehead atoms. The number of aryl methyl sites for hydroxylation is 2. The summed E-state index contributed by atoms with van der Waals surface area (Å²) in [6, 6.07) is 6.69. The molecule has 1 aromatic heterocycles. The van der Waals surface area contributed by atoms with Gasteiger partial charge in [0.25, 0.3) is 0 Å². The van der Waals surface area contributed by atoms with Crippen LogP contribution in [-0.4, -0.2) is 4.98 Å². The molecule has 2 rings (SSSR count). The van der Waals surface area contributed by atoms with E-state index >= 15 is 0 Å². The highest BCUT2D eigenvalue weighted by Crippen LogP contribution is 2.21. The lowest BCUT2D eigenvalue weighted by Crippen LogP contribution is -2.03. The molecular formula is C14H14ClFN2. The standard InChI is InChI=1S/C14H14ClFN2/c1-9-5-13(14(15)18-7-9)17-8-11-3-4-12(16)6-10(11)2/h3-7,17H,8H2,1-2H3. The first-order valence-corrected chi connectivity index (χ1v) is 6.05. The van der Waals surface area contributed by atoms with E-state index in [0.717, 1.165) is 22.4 Å². The third kappa shape index (κ3) is 2.99. The molecule has 0 aliphatic rings. The van der Waals surface area contributed by atoms with E-state index in [1.54, 1.807) is 12.3 Å². The zero-order chi connectivity index (χ0) is 13.1. The molecule has 0 aliphatic heterocycles. The van der Waals surface area contributed by atoms with Crippen molar-refractivity contribution in [2.24, 2.45) is 0 Å². The maximum absolute atomic E-state index is 13.0. The second-order valence-corrected chi connectivity index (χ2v) is 4.63. The van der Waals surface area contributed by atoms with Crippen LogP contribution in [0.1, 0.15) is 16.7 Å². The topological polar surface area (TPSA) is 24.9 Å². The molecule has 4 heteroatoms. The minimum atomic E-state index is -0.216. The Labute approximate surface area is 111 Å². The molecule has 0 radical (unpaired) electrons. The molecule has 94 valence electrons. The maximum Gasteiger partial charge on any atom is 0.152 e. The molecule has 2 aromatic rings. The predicted molar refractivity (Wildman–Crippen MR) is 72.4 cm³/mol. The molecule has 0 saturated carbocycles. The number of rotatable bonds is 3. The second-order valence-electron chi connectivity index (χ2n) is 4.28. The van der Waals surface area contributed by atoms with Gasteiger partial charge < -0.3 is 5.32 Å². The summed E-state index contributed by atoms with van der Waals surface area (Å²) < 4.78 is 13.0. The molecule has 1 heterocycles. The molecular weight excluding hydrogens is 251 g/mol. The molecule has 0 aliphatic carbocycles. The highest BCUT2D eigenvalue weighted by Gasteiger charge is 2.04. The van der Waals surface area contributed by atoms with Crippen molar-refractivity contribution < 1.29 is 4.39 Å². The van der Waals surface area contributed by atoms with Gasteiger partial charge in [-0.3, -0.25) is 0 Å². The summed E-state index contributed by atoms with van der Waals surface area (Å²) in [5.74, 6) is -0.216. The molecule has 0 spiro atoms. The highest BCUT2D eigenvalue weighted by molar-refractivity contribution is 6.31. The minimum absolute atomic E-state index is 0.216. The number of hydrogen-bond acceptors (Lipinski definition) is 2. The first-order valence-electron chi connectivity index (χ1n) is 5.67. The van der Waals surface area contributed by atoms with Crippen LogP contribution in [0.15, 0.2) is 30.5 Å². The molecule has 18 heavy (non-hydrogen) atoms. The average Bonchev–Trinajstić information content (AvgIpc) is 2.32. The van der Waals surface area contributed by atoms with Crippen LogP contribution in [0.5, 0.6) is 0 Å². The van der Waals surface area contributed by atoms with Gasteiger partial charge in [-0.15, -0.1) is 0 Å². The SMILES string of the molecule is Cc1cnc(Cl)c(NCc2ccc(F)cc2C)c1. The molecule has 0 unspecified atom stereocenters. The summed E-state index contributed by atoms with van der Waals surface area (Å²) in [7, 11) is 0.